The van der Waals surface area contributed by atoms with Crippen molar-refractivity contribution in [3.05, 3.63) is 24.3 Å². The molecule has 101 valence electrons. The summed E-state index contributed by atoms with van der Waals surface area (Å²) in [5.74, 6) is -1.10. The van der Waals surface area contributed by atoms with Crippen LogP contribution in [0.15, 0.2) is 18.6 Å². The second-order valence-corrected chi connectivity index (χ2v) is 4.80. The van der Waals surface area contributed by atoms with Gasteiger partial charge in [-0.1, -0.05) is 19.3 Å². The molecule has 1 aliphatic carbocycles. The molecule has 1 fully saturated rings. The van der Waals surface area contributed by atoms with E-state index in [0.717, 1.165) is 32.1 Å². The minimum atomic E-state index is -0.732. The van der Waals surface area contributed by atoms with Crippen LogP contribution in [0, 0.1) is 5.92 Å². The Kier molecular flexibility index (Phi) is 4.43. The molecule has 6 nitrogen and oxygen atoms in total. The lowest BCUT2D eigenvalue weighted by molar-refractivity contribution is -0.122. The summed E-state index contributed by atoms with van der Waals surface area (Å²) in [5.41, 5.74) is 7.51. The van der Waals surface area contributed by atoms with Crippen LogP contribution in [0.2, 0.25) is 0 Å². The normalized spacial score (nSPS) is 17.7. The summed E-state index contributed by atoms with van der Waals surface area (Å²) in [7, 11) is 0. The number of nitrogens with one attached hydrogen (secondary N) is 2. The van der Waals surface area contributed by atoms with Crippen molar-refractivity contribution in [1.82, 2.24) is 21.0 Å². The molecule has 0 saturated heterocycles. The van der Waals surface area contributed by atoms with Crippen LogP contribution in [0.1, 0.15) is 42.6 Å². The SMILES string of the molecule is [NH]C(=O)C(NC(=O)c1cnccn1)C1CCCCC1. The quantitative estimate of drug-likeness (QED) is 0.873. The van der Waals surface area contributed by atoms with E-state index < -0.39 is 17.9 Å². The Morgan fingerprint density at radius 2 is 2.00 bits per heavy atom. The number of aromatic nitrogens is 2. The zero-order valence-corrected chi connectivity index (χ0v) is 10.6. The number of amides is 2. The average molecular weight is 261 g/mol. The molecule has 1 aromatic rings. The van der Waals surface area contributed by atoms with Crippen molar-refractivity contribution in [3.8, 4) is 0 Å². The highest BCUT2D eigenvalue weighted by molar-refractivity contribution is 5.95. The Bertz CT molecular complexity index is 443. The summed E-state index contributed by atoms with van der Waals surface area (Å²) in [6.45, 7) is 0. The largest absolute Gasteiger partial charge is 0.338 e. The number of rotatable bonds is 4. The fourth-order valence-electron chi connectivity index (χ4n) is 2.50. The van der Waals surface area contributed by atoms with Gasteiger partial charge in [0.1, 0.15) is 11.7 Å². The Morgan fingerprint density at radius 1 is 1.26 bits per heavy atom. The van der Waals surface area contributed by atoms with Crippen LogP contribution in [0.5, 0.6) is 0 Å². The zero-order valence-electron chi connectivity index (χ0n) is 10.6. The van der Waals surface area contributed by atoms with Gasteiger partial charge in [-0.15, -0.1) is 0 Å². The molecule has 0 bridgehead atoms. The first-order valence-electron chi connectivity index (χ1n) is 6.51. The third-order valence-electron chi connectivity index (χ3n) is 3.49. The van der Waals surface area contributed by atoms with Crippen molar-refractivity contribution < 1.29 is 9.59 Å². The predicted octanol–water partition coefficient (Wildman–Crippen LogP) is 0.965. The lowest BCUT2D eigenvalue weighted by Crippen LogP contribution is -2.47. The molecule has 2 amide bonds. The van der Waals surface area contributed by atoms with Crippen molar-refractivity contribution in [2.75, 3.05) is 0 Å². The molecule has 2 N–H and O–H groups in total. The van der Waals surface area contributed by atoms with Crippen LogP contribution in [0.3, 0.4) is 0 Å². The van der Waals surface area contributed by atoms with Crippen molar-refractivity contribution >= 4 is 11.8 Å². The summed E-state index contributed by atoms with van der Waals surface area (Å²) in [6.07, 6.45) is 9.28. The maximum Gasteiger partial charge on any atom is 0.272 e. The first-order chi connectivity index (χ1) is 9.18. The van der Waals surface area contributed by atoms with E-state index in [-0.39, 0.29) is 11.6 Å². The number of carbonyl (C=O) groups is 2. The van der Waals surface area contributed by atoms with Crippen LogP contribution < -0.4 is 11.1 Å². The molecule has 0 spiro atoms. The highest BCUT2D eigenvalue weighted by Gasteiger charge is 2.30. The highest BCUT2D eigenvalue weighted by atomic mass is 16.2. The molecule has 0 aromatic carbocycles. The highest BCUT2D eigenvalue weighted by Crippen LogP contribution is 2.26. The van der Waals surface area contributed by atoms with Crippen LogP contribution in [-0.2, 0) is 4.79 Å². The van der Waals surface area contributed by atoms with Gasteiger partial charge in [0.2, 0.25) is 0 Å². The zero-order chi connectivity index (χ0) is 13.7. The van der Waals surface area contributed by atoms with Gasteiger partial charge in [0.05, 0.1) is 6.20 Å². The molecule has 1 unspecified atom stereocenters. The first-order valence-corrected chi connectivity index (χ1v) is 6.51. The van der Waals surface area contributed by atoms with Gasteiger partial charge in [-0.25, -0.2) is 4.98 Å². The molecule has 1 aromatic heterocycles. The fraction of sp³-hybridized carbons (Fsp3) is 0.538. The van der Waals surface area contributed by atoms with Crippen molar-refractivity contribution in [3.63, 3.8) is 0 Å². The minimum absolute atomic E-state index is 0.0689. The van der Waals surface area contributed by atoms with Crippen LogP contribution in [0.4, 0.5) is 0 Å². The minimum Gasteiger partial charge on any atom is -0.338 e. The van der Waals surface area contributed by atoms with E-state index in [1.165, 1.54) is 18.6 Å². The van der Waals surface area contributed by atoms with Gasteiger partial charge in [0.15, 0.2) is 0 Å². The Morgan fingerprint density at radius 3 is 2.58 bits per heavy atom. The molecule has 19 heavy (non-hydrogen) atoms. The molecule has 1 heterocycles. The van der Waals surface area contributed by atoms with Gasteiger partial charge in [-0.2, -0.15) is 0 Å². The third kappa shape index (κ3) is 3.49. The first kappa shape index (κ1) is 13.5. The second-order valence-electron chi connectivity index (χ2n) is 4.80. The smallest absolute Gasteiger partial charge is 0.272 e. The Labute approximate surface area is 111 Å². The second kappa shape index (κ2) is 6.26. The molecule has 1 radical (unpaired) electrons. The molecule has 6 heteroatoms. The van der Waals surface area contributed by atoms with E-state index in [1.54, 1.807) is 0 Å². The number of carbonyl (C=O) groups excluding carboxylic acids is 2. The van der Waals surface area contributed by atoms with Crippen LogP contribution in [0.25, 0.3) is 0 Å². The maximum absolute atomic E-state index is 12.0. The molecule has 1 saturated carbocycles. The number of hydrogen-bond donors (Lipinski definition) is 1. The van der Waals surface area contributed by atoms with E-state index in [4.69, 9.17) is 5.73 Å². The van der Waals surface area contributed by atoms with Crippen molar-refractivity contribution in [2.45, 2.75) is 38.1 Å². The van der Waals surface area contributed by atoms with E-state index >= 15 is 0 Å². The Balaban J connectivity index is 2.04. The molecule has 1 aliphatic rings. The maximum atomic E-state index is 12.0. The van der Waals surface area contributed by atoms with Gasteiger partial charge in [0.25, 0.3) is 11.8 Å². The molecule has 1 atom stereocenters. The lowest BCUT2D eigenvalue weighted by atomic mass is 9.83. The Hall–Kier alpha value is -1.98. The van der Waals surface area contributed by atoms with Crippen LogP contribution >= 0.6 is 0 Å². The third-order valence-corrected chi connectivity index (χ3v) is 3.49. The van der Waals surface area contributed by atoms with E-state index in [2.05, 4.69) is 15.3 Å². The summed E-state index contributed by atoms with van der Waals surface area (Å²) in [6, 6.07) is -0.727. The lowest BCUT2D eigenvalue weighted by Gasteiger charge is -2.28. The van der Waals surface area contributed by atoms with E-state index in [1.807, 2.05) is 0 Å². The molecule has 2 rings (SSSR count). The van der Waals surface area contributed by atoms with Crippen molar-refractivity contribution in [2.24, 2.45) is 5.92 Å². The van der Waals surface area contributed by atoms with E-state index in [9.17, 15) is 9.59 Å². The number of nitrogens with zero attached hydrogens (tertiary/aromatic N) is 2. The standard InChI is InChI=1S/C13H17N4O2/c14-12(18)11(9-4-2-1-3-5-9)17-13(19)10-8-15-6-7-16-10/h6-9,11,14H,1-5H2,(H,17,19). The summed E-state index contributed by atoms with van der Waals surface area (Å²) >= 11 is 0. The van der Waals surface area contributed by atoms with Gasteiger partial charge in [-0.3, -0.25) is 20.3 Å². The van der Waals surface area contributed by atoms with Crippen LogP contribution in [-0.4, -0.2) is 27.8 Å². The monoisotopic (exact) mass is 261 g/mol. The van der Waals surface area contributed by atoms with Gasteiger partial charge in [0, 0.05) is 12.4 Å². The van der Waals surface area contributed by atoms with Gasteiger partial charge < -0.3 is 5.32 Å². The summed E-state index contributed by atoms with van der Waals surface area (Å²) in [4.78, 5) is 31.1. The fourth-order valence-corrected chi connectivity index (χ4v) is 2.50. The molecule has 0 aliphatic heterocycles. The summed E-state index contributed by atoms with van der Waals surface area (Å²) < 4.78 is 0. The van der Waals surface area contributed by atoms with Gasteiger partial charge in [-0.05, 0) is 18.8 Å². The summed E-state index contributed by atoms with van der Waals surface area (Å²) in [5, 5.41) is 2.62. The van der Waals surface area contributed by atoms with E-state index in [0.29, 0.717) is 0 Å². The predicted molar refractivity (Wildman–Crippen MR) is 68.0 cm³/mol. The van der Waals surface area contributed by atoms with Gasteiger partial charge >= 0.3 is 0 Å². The molecular formula is C13H17N4O2. The topological polar surface area (TPSA) is 95.8 Å². The average Bonchev–Trinajstić information content (AvgIpc) is 2.46. The molecular weight excluding hydrogens is 244 g/mol. The van der Waals surface area contributed by atoms with Crippen molar-refractivity contribution in [1.29, 1.82) is 0 Å². The number of hydrogen-bond acceptors (Lipinski definition) is 4.